The van der Waals surface area contributed by atoms with Crippen LogP contribution in [0.4, 0.5) is 5.13 Å². The molecule has 3 aromatic rings. The van der Waals surface area contributed by atoms with Gasteiger partial charge in [-0.3, -0.25) is 0 Å². The second kappa shape index (κ2) is 9.46. The first-order valence-electron chi connectivity index (χ1n) is 10.6. The normalized spacial score (nSPS) is 15.4. The highest BCUT2D eigenvalue weighted by atomic mass is 32.2. The summed E-state index contributed by atoms with van der Waals surface area (Å²) < 4.78 is 32.3. The molecule has 0 aliphatic carbocycles. The monoisotopic (exact) mass is 456 g/mol. The number of sulfonamides is 1. The highest BCUT2D eigenvalue weighted by molar-refractivity contribution is 7.89. The first kappa shape index (κ1) is 21.9. The Morgan fingerprint density at radius 1 is 1.00 bits per heavy atom. The quantitative estimate of drug-likeness (QED) is 0.583. The van der Waals surface area contributed by atoms with Gasteiger partial charge in [0.15, 0.2) is 0 Å². The molecule has 1 saturated heterocycles. The fourth-order valence-corrected chi connectivity index (χ4v) is 5.54. The summed E-state index contributed by atoms with van der Waals surface area (Å²) in [7, 11) is -3.46. The molecule has 1 aliphatic heterocycles. The van der Waals surface area contributed by atoms with Gasteiger partial charge >= 0.3 is 0 Å². The van der Waals surface area contributed by atoms with Crippen molar-refractivity contribution in [1.29, 1.82) is 0 Å². The average Bonchev–Trinajstić information content (AvgIpc) is 3.23. The summed E-state index contributed by atoms with van der Waals surface area (Å²) in [6.07, 6.45) is 2.61. The maximum absolute atomic E-state index is 12.5. The van der Waals surface area contributed by atoms with E-state index in [2.05, 4.69) is 45.2 Å². The SMILES string of the molecule is Cc1ccc(Cc2nsc(N3CCC(CNS(=O)(=O)c4ccc(C)cc4)CC3)n2)cc1. The zero-order valence-electron chi connectivity index (χ0n) is 17.9. The van der Waals surface area contributed by atoms with Gasteiger partial charge in [-0.25, -0.2) is 18.1 Å². The van der Waals surface area contributed by atoms with Crippen LogP contribution in [0.2, 0.25) is 0 Å². The molecule has 1 aromatic heterocycles. The third kappa shape index (κ3) is 5.70. The molecular formula is C23H28N4O2S2. The number of hydrogen-bond donors (Lipinski definition) is 1. The summed E-state index contributed by atoms with van der Waals surface area (Å²) in [5, 5.41) is 0.959. The molecule has 6 nitrogen and oxygen atoms in total. The van der Waals surface area contributed by atoms with E-state index in [0.29, 0.717) is 17.4 Å². The average molecular weight is 457 g/mol. The number of anilines is 1. The van der Waals surface area contributed by atoms with Crippen LogP contribution in [0.15, 0.2) is 53.4 Å². The molecule has 8 heteroatoms. The van der Waals surface area contributed by atoms with Crippen molar-refractivity contribution in [1.82, 2.24) is 14.1 Å². The summed E-state index contributed by atoms with van der Waals surface area (Å²) >= 11 is 1.45. The number of hydrogen-bond acceptors (Lipinski definition) is 6. The smallest absolute Gasteiger partial charge is 0.240 e. The molecule has 4 rings (SSSR count). The Morgan fingerprint density at radius 2 is 1.61 bits per heavy atom. The predicted molar refractivity (Wildman–Crippen MR) is 125 cm³/mol. The van der Waals surface area contributed by atoms with Crippen LogP contribution in [-0.4, -0.2) is 37.4 Å². The van der Waals surface area contributed by atoms with Crippen LogP contribution in [0.5, 0.6) is 0 Å². The van der Waals surface area contributed by atoms with Gasteiger partial charge in [0.1, 0.15) is 5.82 Å². The standard InChI is InChI=1S/C23H28N4O2S2/c1-17-3-7-19(8-4-17)15-22-25-23(30-26-22)27-13-11-20(12-14-27)16-24-31(28,29)21-9-5-18(2)6-10-21/h3-10,20,24H,11-16H2,1-2H3. The highest BCUT2D eigenvalue weighted by Gasteiger charge is 2.24. The lowest BCUT2D eigenvalue weighted by molar-refractivity contribution is 0.401. The number of nitrogens with zero attached hydrogens (tertiary/aromatic N) is 3. The maximum Gasteiger partial charge on any atom is 0.240 e. The molecule has 0 unspecified atom stereocenters. The molecule has 0 amide bonds. The third-order valence-electron chi connectivity index (χ3n) is 5.72. The molecule has 0 saturated carbocycles. The van der Waals surface area contributed by atoms with Gasteiger partial charge in [0.2, 0.25) is 15.2 Å². The van der Waals surface area contributed by atoms with Crippen molar-refractivity contribution in [3.8, 4) is 0 Å². The van der Waals surface area contributed by atoms with Crippen molar-refractivity contribution in [2.45, 2.75) is 38.0 Å². The summed E-state index contributed by atoms with van der Waals surface area (Å²) in [5.41, 5.74) is 3.51. The van der Waals surface area contributed by atoms with Crippen LogP contribution in [0, 0.1) is 19.8 Å². The Labute approximate surface area is 188 Å². The molecule has 0 radical (unpaired) electrons. The number of aryl methyl sites for hydroxylation is 2. The molecule has 1 aliphatic rings. The van der Waals surface area contributed by atoms with Crippen molar-refractivity contribution in [2.75, 3.05) is 24.5 Å². The van der Waals surface area contributed by atoms with E-state index >= 15 is 0 Å². The van der Waals surface area contributed by atoms with Gasteiger partial charge in [-0.1, -0.05) is 47.5 Å². The van der Waals surface area contributed by atoms with E-state index in [4.69, 9.17) is 4.98 Å². The second-order valence-corrected chi connectivity index (χ2v) is 10.7. The van der Waals surface area contributed by atoms with Gasteiger partial charge < -0.3 is 4.90 Å². The summed E-state index contributed by atoms with van der Waals surface area (Å²) in [5.74, 6) is 1.19. The molecule has 164 valence electrons. The Hall–Kier alpha value is -2.29. The third-order valence-corrected chi connectivity index (χ3v) is 7.97. The second-order valence-electron chi connectivity index (χ2n) is 8.25. The number of nitrogens with one attached hydrogen (secondary N) is 1. The van der Waals surface area contributed by atoms with Gasteiger partial charge in [-0.2, -0.15) is 4.37 Å². The number of benzene rings is 2. The minimum atomic E-state index is -3.46. The van der Waals surface area contributed by atoms with Crippen molar-refractivity contribution in [3.63, 3.8) is 0 Å². The van der Waals surface area contributed by atoms with Gasteiger partial charge in [-0.15, -0.1) is 0 Å². The van der Waals surface area contributed by atoms with E-state index in [-0.39, 0.29) is 0 Å². The molecule has 0 atom stereocenters. The van der Waals surface area contributed by atoms with E-state index in [1.165, 1.54) is 22.7 Å². The van der Waals surface area contributed by atoms with E-state index in [0.717, 1.165) is 48.9 Å². The first-order valence-corrected chi connectivity index (χ1v) is 12.8. The van der Waals surface area contributed by atoms with Gasteiger partial charge in [0.25, 0.3) is 0 Å². The summed E-state index contributed by atoms with van der Waals surface area (Å²) in [6.45, 7) is 6.24. The Kier molecular flexibility index (Phi) is 6.69. The molecule has 31 heavy (non-hydrogen) atoms. The minimum absolute atomic E-state index is 0.325. The van der Waals surface area contributed by atoms with E-state index < -0.39 is 10.0 Å². The summed E-state index contributed by atoms with van der Waals surface area (Å²) in [6, 6.07) is 15.4. The molecular weight excluding hydrogens is 428 g/mol. The fraction of sp³-hybridized carbons (Fsp3) is 0.391. The van der Waals surface area contributed by atoms with Crippen LogP contribution in [0.1, 0.15) is 35.4 Å². The molecule has 0 bridgehead atoms. The molecule has 1 N–H and O–H groups in total. The van der Waals surface area contributed by atoms with Crippen LogP contribution >= 0.6 is 11.5 Å². The van der Waals surface area contributed by atoms with Crippen LogP contribution in [0.25, 0.3) is 0 Å². The molecule has 2 aromatic carbocycles. The topological polar surface area (TPSA) is 75.2 Å². The van der Waals surface area contributed by atoms with Gasteiger partial charge in [-0.05, 0) is 50.3 Å². The van der Waals surface area contributed by atoms with Crippen molar-refractivity contribution >= 4 is 26.7 Å². The number of aromatic nitrogens is 2. The number of piperidine rings is 1. The molecule has 1 fully saturated rings. The van der Waals surface area contributed by atoms with Crippen LogP contribution < -0.4 is 9.62 Å². The Morgan fingerprint density at radius 3 is 2.26 bits per heavy atom. The predicted octanol–water partition coefficient (Wildman–Crippen LogP) is 3.94. The number of rotatable bonds is 7. The van der Waals surface area contributed by atoms with Crippen LogP contribution in [0.3, 0.4) is 0 Å². The zero-order chi connectivity index (χ0) is 21.8. The highest BCUT2D eigenvalue weighted by Crippen LogP contribution is 2.25. The maximum atomic E-state index is 12.5. The largest absolute Gasteiger partial charge is 0.347 e. The van der Waals surface area contributed by atoms with Crippen molar-refractivity contribution < 1.29 is 8.42 Å². The van der Waals surface area contributed by atoms with E-state index in [9.17, 15) is 8.42 Å². The lowest BCUT2D eigenvalue weighted by atomic mass is 9.97. The Balaban J connectivity index is 1.27. The Bertz CT molecular complexity index is 1100. The van der Waals surface area contributed by atoms with E-state index in [1.807, 2.05) is 19.1 Å². The lowest BCUT2D eigenvalue weighted by Crippen LogP contribution is -2.38. The van der Waals surface area contributed by atoms with E-state index in [1.54, 1.807) is 12.1 Å². The molecule has 0 spiro atoms. The zero-order valence-corrected chi connectivity index (χ0v) is 19.5. The fourth-order valence-electron chi connectivity index (χ4n) is 3.69. The first-order chi connectivity index (χ1) is 14.9. The summed E-state index contributed by atoms with van der Waals surface area (Å²) in [4.78, 5) is 7.32. The van der Waals surface area contributed by atoms with Crippen molar-refractivity contribution in [2.24, 2.45) is 5.92 Å². The van der Waals surface area contributed by atoms with Gasteiger partial charge in [0.05, 0.1) is 4.90 Å². The lowest BCUT2D eigenvalue weighted by Gasteiger charge is -2.31. The van der Waals surface area contributed by atoms with Crippen LogP contribution in [-0.2, 0) is 16.4 Å². The van der Waals surface area contributed by atoms with Crippen molar-refractivity contribution in [3.05, 3.63) is 71.0 Å². The minimum Gasteiger partial charge on any atom is -0.347 e. The van der Waals surface area contributed by atoms with Gasteiger partial charge in [0, 0.05) is 37.6 Å². The molecule has 2 heterocycles.